The number of sulfonamides is 1. The molecule has 0 saturated carbocycles. The first-order valence-electron chi connectivity index (χ1n) is 5.90. The first-order valence-corrected chi connectivity index (χ1v) is 8.97. The maximum absolute atomic E-state index is 12.3. The van der Waals surface area contributed by atoms with Crippen LogP contribution in [0.2, 0.25) is 0 Å². The largest absolute Gasteiger partial charge is 0.395 e. The zero-order valence-electron chi connectivity index (χ0n) is 10.7. The molecule has 0 amide bonds. The number of rotatable bonds is 6. The highest BCUT2D eigenvalue weighted by atomic mass is 79.9. The molecule has 108 valence electrons. The highest BCUT2D eigenvalue weighted by Crippen LogP contribution is 2.26. The molecule has 0 aliphatic heterocycles. The van der Waals surface area contributed by atoms with Crippen LogP contribution in [0.3, 0.4) is 0 Å². The number of aliphatic hydroxyl groups excluding tert-OH is 1. The highest BCUT2D eigenvalue weighted by molar-refractivity contribution is 9.11. The van der Waals surface area contributed by atoms with Gasteiger partial charge in [0.1, 0.15) is 0 Å². The normalized spacial score (nSPS) is 15.2. The molecule has 1 rings (SSSR count). The van der Waals surface area contributed by atoms with Gasteiger partial charge in [-0.2, -0.15) is 0 Å². The van der Waals surface area contributed by atoms with Crippen molar-refractivity contribution in [2.24, 2.45) is 5.92 Å². The third kappa shape index (κ3) is 4.53. The Balaban J connectivity index is 3.07. The van der Waals surface area contributed by atoms with Crippen LogP contribution in [0.15, 0.2) is 32.0 Å². The summed E-state index contributed by atoms with van der Waals surface area (Å²) in [6, 6.07) is 4.45. The van der Waals surface area contributed by atoms with Gasteiger partial charge >= 0.3 is 0 Å². The van der Waals surface area contributed by atoms with Gasteiger partial charge < -0.3 is 5.11 Å². The first-order chi connectivity index (χ1) is 8.81. The fourth-order valence-electron chi connectivity index (χ4n) is 1.56. The molecule has 4 nitrogen and oxygen atoms in total. The van der Waals surface area contributed by atoms with Crippen molar-refractivity contribution < 1.29 is 13.5 Å². The van der Waals surface area contributed by atoms with Gasteiger partial charge in [0.05, 0.1) is 11.5 Å². The van der Waals surface area contributed by atoms with E-state index >= 15 is 0 Å². The molecule has 19 heavy (non-hydrogen) atoms. The molecule has 1 aromatic carbocycles. The SMILES string of the molecule is CCC(C)C(CO)NS(=O)(=O)c1cc(Br)ccc1Br. The van der Waals surface area contributed by atoms with E-state index in [4.69, 9.17) is 0 Å². The molecular formula is C12H17Br2NO3S. The molecule has 0 aliphatic rings. The molecule has 0 heterocycles. The summed E-state index contributed by atoms with van der Waals surface area (Å²) in [4.78, 5) is 0.156. The maximum atomic E-state index is 12.3. The average molecular weight is 415 g/mol. The number of hydrogen-bond donors (Lipinski definition) is 2. The zero-order chi connectivity index (χ0) is 14.6. The van der Waals surface area contributed by atoms with Gasteiger partial charge in [0.15, 0.2) is 0 Å². The van der Waals surface area contributed by atoms with Gasteiger partial charge in [0, 0.05) is 15.0 Å². The summed E-state index contributed by atoms with van der Waals surface area (Å²) in [5.74, 6) is 0.0608. The van der Waals surface area contributed by atoms with E-state index in [2.05, 4.69) is 36.6 Å². The van der Waals surface area contributed by atoms with Crippen molar-refractivity contribution in [2.75, 3.05) is 6.61 Å². The second-order valence-electron chi connectivity index (χ2n) is 4.37. The van der Waals surface area contributed by atoms with E-state index in [9.17, 15) is 13.5 Å². The summed E-state index contributed by atoms with van der Waals surface area (Å²) in [5, 5.41) is 9.31. The average Bonchev–Trinajstić information content (AvgIpc) is 2.37. The molecule has 0 radical (unpaired) electrons. The Labute approximate surface area is 130 Å². The molecule has 0 aliphatic carbocycles. The number of nitrogens with one attached hydrogen (secondary N) is 1. The molecule has 2 atom stereocenters. The van der Waals surface area contributed by atoms with Crippen LogP contribution in [-0.2, 0) is 10.0 Å². The molecule has 2 unspecified atom stereocenters. The Morgan fingerprint density at radius 3 is 2.53 bits per heavy atom. The van der Waals surface area contributed by atoms with Crippen molar-refractivity contribution in [2.45, 2.75) is 31.2 Å². The Morgan fingerprint density at radius 1 is 1.37 bits per heavy atom. The van der Waals surface area contributed by atoms with Gasteiger partial charge in [-0.3, -0.25) is 0 Å². The quantitative estimate of drug-likeness (QED) is 0.751. The van der Waals surface area contributed by atoms with Crippen molar-refractivity contribution in [3.05, 3.63) is 27.1 Å². The van der Waals surface area contributed by atoms with E-state index in [-0.39, 0.29) is 17.4 Å². The van der Waals surface area contributed by atoms with Crippen LogP contribution >= 0.6 is 31.9 Å². The zero-order valence-corrected chi connectivity index (χ0v) is 14.7. The second kappa shape index (κ2) is 7.17. The van der Waals surface area contributed by atoms with E-state index in [0.717, 1.165) is 6.42 Å². The molecule has 2 N–H and O–H groups in total. The lowest BCUT2D eigenvalue weighted by molar-refractivity contribution is 0.219. The summed E-state index contributed by atoms with van der Waals surface area (Å²) in [5.41, 5.74) is 0. The molecule has 0 fully saturated rings. The van der Waals surface area contributed by atoms with Gasteiger partial charge in [-0.05, 0) is 40.0 Å². The Bertz CT molecular complexity index is 534. The van der Waals surface area contributed by atoms with Crippen molar-refractivity contribution in [3.63, 3.8) is 0 Å². The van der Waals surface area contributed by atoms with Crippen molar-refractivity contribution in [1.29, 1.82) is 0 Å². The van der Waals surface area contributed by atoms with Gasteiger partial charge in [-0.1, -0.05) is 36.2 Å². The van der Waals surface area contributed by atoms with Crippen molar-refractivity contribution in [3.8, 4) is 0 Å². The molecule has 0 bridgehead atoms. The smallest absolute Gasteiger partial charge is 0.242 e. The molecule has 0 spiro atoms. The predicted molar refractivity (Wildman–Crippen MR) is 82.5 cm³/mol. The van der Waals surface area contributed by atoms with Gasteiger partial charge in [-0.25, -0.2) is 13.1 Å². The first kappa shape index (κ1) is 17.1. The highest BCUT2D eigenvalue weighted by Gasteiger charge is 2.25. The van der Waals surface area contributed by atoms with Crippen LogP contribution in [0.25, 0.3) is 0 Å². The van der Waals surface area contributed by atoms with Crippen LogP contribution in [0.1, 0.15) is 20.3 Å². The second-order valence-corrected chi connectivity index (χ2v) is 7.82. The van der Waals surface area contributed by atoms with Crippen molar-refractivity contribution >= 4 is 41.9 Å². The summed E-state index contributed by atoms with van der Waals surface area (Å²) < 4.78 is 28.4. The summed E-state index contributed by atoms with van der Waals surface area (Å²) in [6.45, 7) is 3.63. The predicted octanol–water partition coefficient (Wildman–Crippen LogP) is 2.90. The Morgan fingerprint density at radius 2 is 2.00 bits per heavy atom. The minimum Gasteiger partial charge on any atom is -0.395 e. The number of aliphatic hydroxyl groups is 1. The molecule has 0 saturated heterocycles. The third-order valence-electron chi connectivity index (χ3n) is 3.02. The van der Waals surface area contributed by atoms with Crippen LogP contribution < -0.4 is 4.72 Å². The molecular weight excluding hydrogens is 398 g/mol. The van der Waals surface area contributed by atoms with Crippen LogP contribution in [0.4, 0.5) is 0 Å². The minimum absolute atomic E-state index is 0.0608. The van der Waals surface area contributed by atoms with E-state index < -0.39 is 16.1 Å². The number of hydrogen-bond acceptors (Lipinski definition) is 3. The van der Waals surface area contributed by atoms with Crippen LogP contribution in [0.5, 0.6) is 0 Å². The Kier molecular flexibility index (Phi) is 6.46. The number of benzene rings is 1. The van der Waals surface area contributed by atoms with Gasteiger partial charge in [0.25, 0.3) is 0 Å². The molecule has 0 aromatic heterocycles. The van der Waals surface area contributed by atoms with Gasteiger partial charge in [0.2, 0.25) is 10.0 Å². The fraction of sp³-hybridized carbons (Fsp3) is 0.500. The molecule has 7 heteroatoms. The topological polar surface area (TPSA) is 66.4 Å². The van der Waals surface area contributed by atoms with E-state index in [1.54, 1.807) is 12.1 Å². The lowest BCUT2D eigenvalue weighted by atomic mass is 10.0. The van der Waals surface area contributed by atoms with Crippen LogP contribution in [0, 0.1) is 5.92 Å². The third-order valence-corrected chi connectivity index (χ3v) is 5.99. The monoisotopic (exact) mass is 413 g/mol. The Hall–Kier alpha value is 0.0500. The number of halogens is 2. The minimum atomic E-state index is -3.67. The lowest BCUT2D eigenvalue weighted by Crippen LogP contribution is -2.41. The summed E-state index contributed by atoms with van der Waals surface area (Å²) in [7, 11) is -3.67. The lowest BCUT2D eigenvalue weighted by Gasteiger charge is -2.22. The van der Waals surface area contributed by atoms with E-state index in [0.29, 0.717) is 8.95 Å². The van der Waals surface area contributed by atoms with Gasteiger partial charge in [-0.15, -0.1) is 0 Å². The summed E-state index contributed by atoms with van der Waals surface area (Å²) >= 11 is 6.48. The van der Waals surface area contributed by atoms with Crippen molar-refractivity contribution in [1.82, 2.24) is 4.72 Å². The van der Waals surface area contributed by atoms with E-state index in [1.807, 2.05) is 13.8 Å². The van der Waals surface area contributed by atoms with Crippen LogP contribution in [-0.4, -0.2) is 26.2 Å². The van der Waals surface area contributed by atoms with E-state index in [1.165, 1.54) is 6.07 Å². The summed E-state index contributed by atoms with van der Waals surface area (Å²) in [6.07, 6.45) is 0.785. The fourth-order valence-corrected chi connectivity index (χ4v) is 4.40. The molecule has 1 aromatic rings. The standard InChI is InChI=1S/C12H17Br2NO3S/c1-3-8(2)11(7-16)15-19(17,18)12-6-9(13)4-5-10(12)14/h4-6,8,11,15-16H,3,7H2,1-2H3. The maximum Gasteiger partial charge on any atom is 0.242 e.